The maximum Gasteiger partial charge on any atom is 0.258 e. The van der Waals surface area contributed by atoms with Crippen LogP contribution in [0.3, 0.4) is 0 Å². The predicted molar refractivity (Wildman–Crippen MR) is 139 cm³/mol. The molecule has 0 amide bonds. The first kappa shape index (κ1) is 23.5. The molecule has 0 unspecified atom stereocenters. The van der Waals surface area contributed by atoms with E-state index >= 15 is 0 Å². The van der Waals surface area contributed by atoms with E-state index in [0.29, 0.717) is 39.8 Å². The first-order valence-corrected chi connectivity index (χ1v) is 12.1. The van der Waals surface area contributed by atoms with Gasteiger partial charge in [0.2, 0.25) is 6.79 Å². The third-order valence-electron chi connectivity index (χ3n) is 6.21. The quantitative estimate of drug-likeness (QED) is 0.477. The van der Waals surface area contributed by atoms with Crippen LogP contribution in [-0.2, 0) is 0 Å². The van der Waals surface area contributed by atoms with Crippen LogP contribution >= 0.6 is 0 Å². The molecular formula is C29H28N2O5. The highest BCUT2D eigenvalue weighted by Crippen LogP contribution is 2.37. The first-order chi connectivity index (χ1) is 17.7. The average molecular weight is 485 g/mol. The fourth-order valence-corrected chi connectivity index (χ4v) is 4.42. The Morgan fingerprint density at radius 3 is 2.72 bits per heavy atom. The molecule has 1 aromatic heterocycles. The normalized spacial score (nSPS) is 14.6. The van der Waals surface area contributed by atoms with E-state index in [1.807, 2.05) is 36.4 Å². The molecule has 36 heavy (non-hydrogen) atoms. The van der Waals surface area contributed by atoms with Gasteiger partial charge in [0.15, 0.2) is 23.0 Å². The summed E-state index contributed by atoms with van der Waals surface area (Å²) in [6.07, 6.45) is 11.6. The number of H-pyrrole nitrogens is 1. The van der Waals surface area contributed by atoms with Gasteiger partial charge in [0.05, 0.1) is 24.5 Å². The summed E-state index contributed by atoms with van der Waals surface area (Å²) in [4.78, 5) is 20.7. The summed E-state index contributed by atoms with van der Waals surface area (Å²) >= 11 is 0. The zero-order chi connectivity index (χ0) is 24.7. The minimum atomic E-state index is -0.287. The zero-order valence-corrected chi connectivity index (χ0v) is 20.1. The molecule has 0 bridgehead atoms. The third-order valence-corrected chi connectivity index (χ3v) is 6.21. The number of fused-ring (bicyclic) bond motifs is 1. The molecule has 184 valence electrons. The van der Waals surface area contributed by atoms with E-state index in [0.717, 1.165) is 18.4 Å². The van der Waals surface area contributed by atoms with Gasteiger partial charge in [-0.05, 0) is 73.7 Å². The Morgan fingerprint density at radius 1 is 1.00 bits per heavy atom. The SMILES string of the molecule is COc1cccc(/C=C/c2nccccc[nH]c(=O)c2-c2ccc3c(c2)OCO3)c1OC1CCCC1. The molecule has 7 heteroatoms. The van der Waals surface area contributed by atoms with Crippen molar-refractivity contribution >= 4 is 12.2 Å². The fourth-order valence-electron chi connectivity index (χ4n) is 4.42. The molecule has 2 aliphatic rings. The van der Waals surface area contributed by atoms with E-state index in [1.165, 1.54) is 12.8 Å². The minimum Gasteiger partial charge on any atom is -0.493 e. The van der Waals surface area contributed by atoms with Crippen molar-refractivity contribution in [3.05, 3.63) is 88.6 Å². The number of hydrogen-bond acceptors (Lipinski definition) is 6. The third kappa shape index (κ3) is 5.20. The van der Waals surface area contributed by atoms with E-state index in [2.05, 4.69) is 9.97 Å². The minimum absolute atomic E-state index is 0.155. The van der Waals surface area contributed by atoms with E-state index in [-0.39, 0.29) is 18.5 Å². The van der Waals surface area contributed by atoms with Gasteiger partial charge in [-0.1, -0.05) is 24.3 Å². The second-order valence-electron chi connectivity index (χ2n) is 8.56. The molecule has 1 fully saturated rings. The Balaban J connectivity index is 1.63. The number of aromatic nitrogens is 2. The molecular weight excluding hydrogens is 456 g/mol. The van der Waals surface area contributed by atoms with Crippen LogP contribution in [-0.4, -0.2) is 30.0 Å². The van der Waals surface area contributed by atoms with E-state index in [4.69, 9.17) is 18.9 Å². The molecule has 0 atom stereocenters. The van der Waals surface area contributed by atoms with Crippen molar-refractivity contribution in [2.45, 2.75) is 31.8 Å². The highest BCUT2D eigenvalue weighted by molar-refractivity contribution is 5.81. The second kappa shape index (κ2) is 11.0. The van der Waals surface area contributed by atoms with Crippen LogP contribution in [0.1, 0.15) is 36.9 Å². The van der Waals surface area contributed by atoms with E-state index < -0.39 is 0 Å². The lowest BCUT2D eigenvalue weighted by molar-refractivity contribution is 0.174. The first-order valence-electron chi connectivity index (χ1n) is 12.1. The number of benzene rings is 2. The highest BCUT2D eigenvalue weighted by atomic mass is 16.7. The van der Waals surface area contributed by atoms with Crippen LogP contribution in [0.4, 0.5) is 0 Å². The molecule has 2 heterocycles. The van der Waals surface area contributed by atoms with Gasteiger partial charge in [0.25, 0.3) is 5.56 Å². The second-order valence-corrected chi connectivity index (χ2v) is 8.56. The maximum atomic E-state index is 13.3. The summed E-state index contributed by atoms with van der Waals surface area (Å²) in [7, 11) is 1.64. The molecule has 5 rings (SSSR count). The molecule has 7 nitrogen and oxygen atoms in total. The Kier molecular flexibility index (Phi) is 7.17. The Hall–Kier alpha value is -4.26. The van der Waals surface area contributed by atoms with Crippen molar-refractivity contribution in [2.75, 3.05) is 13.9 Å². The number of nitrogens with zero attached hydrogens (tertiary/aromatic N) is 1. The molecule has 1 aliphatic heterocycles. The van der Waals surface area contributed by atoms with Gasteiger partial charge < -0.3 is 23.9 Å². The van der Waals surface area contributed by atoms with Gasteiger partial charge in [-0.15, -0.1) is 0 Å². The van der Waals surface area contributed by atoms with Crippen LogP contribution in [0, 0.1) is 0 Å². The van der Waals surface area contributed by atoms with Gasteiger partial charge in [0.1, 0.15) is 0 Å². The van der Waals surface area contributed by atoms with Gasteiger partial charge in [-0.25, -0.2) is 0 Å². The smallest absolute Gasteiger partial charge is 0.258 e. The van der Waals surface area contributed by atoms with Crippen LogP contribution in [0.15, 0.2) is 71.8 Å². The van der Waals surface area contributed by atoms with Crippen LogP contribution < -0.4 is 24.5 Å². The number of para-hydroxylation sites is 1. The molecule has 3 aromatic rings. The lowest BCUT2D eigenvalue weighted by atomic mass is 10.0. The maximum absolute atomic E-state index is 13.3. The largest absolute Gasteiger partial charge is 0.493 e. The van der Waals surface area contributed by atoms with Crippen molar-refractivity contribution in [1.29, 1.82) is 0 Å². The average Bonchev–Trinajstić information content (AvgIpc) is 3.59. The van der Waals surface area contributed by atoms with Crippen LogP contribution in [0.25, 0.3) is 23.3 Å². The van der Waals surface area contributed by atoms with E-state index in [9.17, 15) is 4.79 Å². The van der Waals surface area contributed by atoms with Crippen LogP contribution in [0.2, 0.25) is 0 Å². The van der Waals surface area contributed by atoms with Gasteiger partial charge in [-0.3, -0.25) is 9.78 Å². The number of nitrogens with one attached hydrogen (secondary N) is 1. The summed E-state index contributed by atoms with van der Waals surface area (Å²) in [5, 5.41) is 0. The molecule has 0 saturated heterocycles. The Bertz CT molecular complexity index is 1370. The topological polar surface area (TPSA) is 82.7 Å². The number of ether oxygens (including phenoxy) is 4. The number of hydrogen-bond donors (Lipinski definition) is 1. The van der Waals surface area contributed by atoms with Gasteiger partial charge in [0, 0.05) is 18.0 Å². The lowest BCUT2D eigenvalue weighted by Crippen LogP contribution is -2.12. The number of aromatic amines is 1. The summed E-state index contributed by atoms with van der Waals surface area (Å²) in [6.45, 7) is 0.155. The van der Waals surface area contributed by atoms with Crippen LogP contribution in [0.5, 0.6) is 23.0 Å². The summed E-state index contributed by atoms with van der Waals surface area (Å²) in [5.74, 6) is 2.61. The summed E-state index contributed by atoms with van der Waals surface area (Å²) in [5.41, 5.74) is 2.12. The molecule has 1 N–H and O–H groups in total. The molecule has 0 spiro atoms. The van der Waals surface area contributed by atoms with E-state index in [1.54, 1.807) is 49.8 Å². The van der Waals surface area contributed by atoms with Crippen molar-refractivity contribution in [3.8, 4) is 34.1 Å². The summed E-state index contributed by atoms with van der Waals surface area (Å²) in [6, 6.07) is 16.6. The van der Waals surface area contributed by atoms with Gasteiger partial charge in [-0.2, -0.15) is 0 Å². The van der Waals surface area contributed by atoms with Crippen molar-refractivity contribution in [2.24, 2.45) is 0 Å². The number of methoxy groups -OCH3 is 1. The zero-order valence-electron chi connectivity index (χ0n) is 20.1. The Morgan fingerprint density at radius 2 is 1.86 bits per heavy atom. The Labute approximate surface area is 209 Å². The standard InChI is InChI=1S/C29H28N2O5/c1-33-25-11-7-8-20(28(25)36-22-9-3-4-10-22)12-14-23-27(29(32)31-17-6-2-5-16-30-23)21-13-15-24-26(18-21)35-19-34-24/h2,5-8,11-18,22H,3-4,9-10,19H2,1H3,(H,31,32)/b14-12+. The predicted octanol–water partition coefficient (Wildman–Crippen LogP) is 5.79. The molecule has 1 aliphatic carbocycles. The fraction of sp³-hybridized carbons (Fsp3) is 0.241. The van der Waals surface area contributed by atoms with Crippen molar-refractivity contribution < 1.29 is 18.9 Å². The monoisotopic (exact) mass is 484 g/mol. The molecule has 0 radical (unpaired) electrons. The molecule has 1 saturated carbocycles. The van der Waals surface area contributed by atoms with Crippen molar-refractivity contribution in [1.82, 2.24) is 9.97 Å². The highest BCUT2D eigenvalue weighted by Gasteiger charge is 2.20. The lowest BCUT2D eigenvalue weighted by Gasteiger charge is -2.18. The van der Waals surface area contributed by atoms with Gasteiger partial charge >= 0.3 is 0 Å². The number of rotatable bonds is 6. The summed E-state index contributed by atoms with van der Waals surface area (Å²) < 4.78 is 23.0. The van der Waals surface area contributed by atoms with Crippen molar-refractivity contribution in [3.63, 3.8) is 0 Å². The molecule has 2 aromatic carbocycles.